The molecule has 0 amide bonds. The van der Waals surface area contributed by atoms with Crippen LogP contribution in [0.3, 0.4) is 0 Å². The lowest BCUT2D eigenvalue weighted by Crippen LogP contribution is -1.99. The van der Waals surface area contributed by atoms with E-state index >= 15 is 0 Å². The predicted octanol–water partition coefficient (Wildman–Crippen LogP) is 1.19. The maximum atomic E-state index is 8.63. The third-order valence-electron chi connectivity index (χ3n) is 1.62. The van der Waals surface area contributed by atoms with Gasteiger partial charge in [-0.3, -0.25) is 0 Å². The van der Waals surface area contributed by atoms with Gasteiger partial charge in [0.2, 0.25) is 0 Å². The molecule has 0 radical (unpaired) electrons. The van der Waals surface area contributed by atoms with E-state index in [1.54, 1.807) is 0 Å². The minimum atomic E-state index is 0.320. The van der Waals surface area contributed by atoms with Gasteiger partial charge in [0.25, 0.3) is 0 Å². The van der Waals surface area contributed by atoms with Gasteiger partial charge in [-0.25, -0.2) is 0 Å². The second-order valence-electron chi connectivity index (χ2n) is 2.54. The fourth-order valence-corrected chi connectivity index (χ4v) is 1.12. The van der Waals surface area contributed by atoms with E-state index in [1.807, 2.05) is 0 Å². The molecule has 8 heavy (non-hydrogen) atoms. The van der Waals surface area contributed by atoms with Crippen LogP contribution >= 0.6 is 0 Å². The van der Waals surface area contributed by atoms with Crippen molar-refractivity contribution in [2.45, 2.75) is 13.3 Å². The second kappa shape index (κ2) is 2.31. The van der Waals surface area contributed by atoms with Gasteiger partial charge >= 0.3 is 0 Å². The first-order valence-corrected chi connectivity index (χ1v) is 3.12. The lowest BCUT2D eigenvalue weighted by Gasteiger charge is -2.01. The van der Waals surface area contributed by atoms with E-state index in [0.29, 0.717) is 18.4 Å². The zero-order chi connectivity index (χ0) is 5.98. The molecule has 0 aliphatic heterocycles. The summed E-state index contributed by atoms with van der Waals surface area (Å²) in [5.74, 6) is 1.14. The Morgan fingerprint density at radius 2 is 2.38 bits per heavy atom. The van der Waals surface area contributed by atoms with Gasteiger partial charge in [0, 0.05) is 12.5 Å². The van der Waals surface area contributed by atoms with E-state index in [0.717, 1.165) is 6.42 Å². The summed E-state index contributed by atoms with van der Waals surface area (Å²) in [6.07, 6.45) is 5.40. The van der Waals surface area contributed by atoms with Gasteiger partial charge in [0.1, 0.15) is 0 Å². The summed E-state index contributed by atoms with van der Waals surface area (Å²) in [4.78, 5) is 0. The lowest BCUT2D eigenvalue weighted by atomic mass is 10.1. The van der Waals surface area contributed by atoms with Crippen LogP contribution in [0, 0.1) is 11.8 Å². The molecular formula is C7H12O. The minimum absolute atomic E-state index is 0.320. The second-order valence-corrected chi connectivity index (χ2v) is 2.54. The van der Waals surface area contributed by atoms with Crippen LogP contribution in [0.4, 0.5) is 0 Å². The van der Waals surface area contributed by atoms with E-state index in [1.165, 1.54) is 0 Å². The summed E-state index contributed by atoms with van der Waals surface area (Å²) >= 11 is 0. The summed E-state index contributed by atoms with van der Waals surface area (Å²) in [6, 6.07) is 0. The molecule has 46 valence electrons. The molecule has 0 unspecified atom stereocenters. The monoisotopic (exact) mass is 112 g/mol. The van der Waals surface area contributed by atoms with Crippen LogP contribution in [-0.2, 0) is 0 Å². The zero-order valence-electron chi connectivity index (χ0n) is 5.17. The van der Waals surface area contributed by atoms with Gasteiger partial charge in [-0.2, -0.15) is 0 Å². The van der Waals surface area contributed by atoms with E-state index in [-0.39, 0.29) is 0 Å². The van der Waals surface area contributed by atoms with Crippen molar-refractivity contribution in [3.63, 3.8) is 0 Å². The Morgan fingerprint density at radius 1 is 1.62 bits per heavy atom. The fourth-order valence-electron chi connectivity index (χ4n) is 1.12. The van der Waals surface area contributed by atoms with Gasteiger partial charge in [0.15, 0.2) is 0 Å². The van der Waals surface area contributed by atoms with E-state index in [4.69, 9.17) is 5.11 Å². The normalized spacial score (nSPS) is 36.2. The van der Waals surface area contributed by atoms with Crippen LogP contribution in [0.2, 0.25) is 0 Å². The highest BCUT2D eigenvalue weighted by atomic mass is 16.3. The molecule has 1 nitrogen and oxygen atoms in total. The fraction of sp³-hybridized carbons (Fsp3) is 0.714. The van der Waals surface area contributed by atoms with Crippen molar-refractivity contribution >= 4 is 0 Å². The van der Waals surface area contributed by atoms with Crippen LogP contribution in [0.5, 0.6) is 0 Å². The molecule has 0 fully saturated rings. The van der Waals surface area contributed by atoms with Crippen LogP contribution < -0.4 is 0 Å². The van der Waals surface area contributed by atoms with Crippen LogP contribution in [-0.4, -0.2) is 11.7 Å². The molecule has 0 bridgehead atoms. The van der Waals surface area contributed by atoms with Gasteiger partial charge < -0.3 is 5.11 Å². The molecule has 0 saturated heterocycles. The van der Waals surface area contributed by atoms with Crippen molar-refractivity contribution in [1.82, 2.24) is 0 Å². The molecule has 1 aliphatic carbocycles. The molecule has 0 heterocycles. The van der Waals surface area contributed by atoms with Crippen molar-refractivity contribution in [1.29, 1.82) is 0 Å². The Morgan fingerprint density at radius 3 is 2.62 bits per heavy atom. The number of allylic oxidation sites excluding steroid dienone is 1. The van der Waals surface area contributed by atoms with Crippen LogP contribution in [0.15, 0.2) is 12.2 Å². The highest BCUT2D eigenvalue weighted by molar-refractivity contribution is 4.99. The van der Waals surface area contributed by atoms with Gasteiger partial charge in [0.05, 0.1) is 0 Å². The average Bonchev–Trinajstić information content (AvgIpc) is 2.14. The van der Waals surface area contributed by atoms with E-state index in [2.05, 4.69) is 19.1 Å². The number of hydrogen-bond acceptors (Lipinski definition) is 1. The SMILES string of the molecule is C[C@H]1C=C[C@@H](CO)C1. The summed E-state index contributed by atoms with van der Waals surface area (Å²) in [6.45, 7) is 2.49. The number of aliphatic hydroxyl groups excluding tert-OH is 1. The highest BCUT2D eigenvalue weighted by Crippen LogP contribution is 2.21. The van der Waals surface area contributed by atoms with Crippen molar-refractivity contribution in [3.05, 3.63) is 12.2 Å². The Bertz CT molecular complexity index is 96.6. The summed E-state index contributed by atoms with van der Waals surface area (Å²) in [5, 5.41) is 8.63. The van der Waals surface area contributed by atoms with Crippen LogP contribution in [0.1, 0.15) is 13.3 Å². The zero-order valence-corrected chi connectivity index (χ0v) is 5.17. The molecule has 0 saturated carbocycles. The Kier molecular flexibility index (Phi) is 1.69. The van der Waals surface area contributed by atoms with Crippen molar-refractivity contribution in [3.8, 4) is 0 Å². The molecule has 2 atom stereocenters. The third kappa shape index (κ3) is 1.10. The lowest BCUT2D eigenvalue weighted by molar-refractivity contribution is 0.246. The maximum absolute atomic E-state index is 8.63. The molecular weight excluding hydrogens is 100 g/mol. The number of rotatable bonds is 1. The van der Waals surface area contributed by atoms with Crippen molar-refractivity contribution < 1.29 is 5.11 Å². The molecule has 0 aromatic heterocycles. The summed E-state index contributed by atoms with van der Waals surface area (Å²) in [7, 11) is 0. The molecule has 1 aliphatic rings. The maximum Gasteiger partial charge on any atom is 0.0494 e. The van der Waals surface area contributed by atoms with Crippen LogP contribution in [0.25, 0.3) is 0 Å². The smallest absolute Gasteiger partial charge is 0.0494 e. The van der Waals surface area contributed by atoms with Gasteiger partial charge in [-0.05, 0) is 12.3 Å². The highest BCUT2D eigenvalue weighted by Gasteiger charge is 2.12. The Hall–Kier alpha value is -0.300. The Balaban J connectivity index is 2.34. The number of hydrogen-bond donors (Lipinski definition) is 1. The van der Waals surface area contributed by atoms with E-state index in [9.17, 15) is 0 Å². The third-order valence-corrected chi connectivity index (χ3v) is 1.62. The van der Waals surface area contributed by atoms with Crippen molar-refractivity contribution in [2.24, 2.45) is 11.8 Å². The van der Waals surface area contributed by atoms with Crippen molar-refractivity contribution in [2.75, 3.05) is 6.61 Å². The minimum Gasteiger partial charge on any atom is -0.396 e. The summed E-state index contributed by atoms with van der Waals surface area (Å²) < 4.78 is 0. The largest absolute Gasteiger partial charge is 0.396 e. The molecule has 1 rings (SSSR count). The van der Waals surface area contributed by atoms with E-state index < -0.39 is 0 Å². The Labute approximate surface area is 50.0 Å². The molecule has 0 aromatic rings. The molecule has 0 aromatic carbocycles. The predicted molar refractivity (Wildman–Crippen MR) is 33.5 cm³/mol. The van der Waals surface area contributed by atoms with Gasteiger partial charge in [-0.15, -0.1) is 0 Å². The first-order chi connectivity index (χ1) is 3.83. The molecule has 1 heteroatoms. The first kappa shape index (κ1) is 5.83. The summed E-state index contributed by atoms with van der Waals surface area (Å²) in [5.41, 5.74) is 0. The molecule has 0 spiro atoms. The molecule has 1 N–H and O–H groups in total. The standard InChI is InChI=1S/C7H12O/c1-6-2-3-7(4-6)5-8/h2-3,6-8H,4-5H2,1H3/t6-,7+/m0/s1. The first-order valence-electron chi connectivity index (χ1n) is 3.12. The quantitative estimate of drug-likeness (QED) is 0.505. The average molecular weight is 112 g/mol. The topological polar surface area (TPSA) is 20.2 Å². The number of aliphatic hydroxyl groups is 1. The van der Waals surface area contributed by atoms with Gasteiger partial charge in [-0.1, -0.05) is 19.1 Å².